The molecule has 0 aliphatic rings. The summed E-state index contributed by atoms with van der Waals surface area (Å²) in [5.74, 6) is -0.854. The van der Waals surface area contributed by atoms with Gasteiger partial charge in [-0.15, -0.1) is 0 Å². The quantitative estimate of drug-likeness (QED) is 0.834. The average Bonchev–Trinajstić information content (AvgIpc) is 2.83. The van der Waals surface area contributed by atoms with E-state index in [0.717, 1.165) is 11.3 Å². The highest BCUT2D eigenvalue weighted by atomic mass is 16.5. The van der Waals surface area contributed by atoms with E-state index in [1.54, 1.807) is 36.0 Å². The summed E-state index contributed by atoms with van der Waals surface area (Å²) < 4.78 is 6.72. The smallest absolute Gasteiger partial charge is 0.341 e. The van der Waals surface area contributed by atoms with E-state index in [2.05, 4.69) is 10.4 Å². The van der Waals surface area contributed by atoms with Gasteiger partial charge < -0.3 is 15.2 Å². The first-order chi connectivity index (χ1) is 10.5. The Bertz CT molecular complexity index is 674. The average molecular weight is 303 g/mol. The van der Waals surface area contributed by atoms with Crippen LogP contribution in [0.5, 0.6) is 5.75 Å². The molecule has 0 saturated heterocycles. The van der Waals surface area contributed by atoms with Crippen LogP contribution in [0.1, 0.15) is 21.7 Å². The van der Waals surface area contributed by atoms with E-state index >= 15 is 0 Å². The molecule has 0 bridgehead atoms. The number of benzene rings is 1. The molecule has 2 aromatic rings. The third-order valence-corrected chi connectivity index (χ3v) is 3.06. The van der Waals surface area contributed by atoms with Gasteiger partial charge in [0.1, 0.15) is 11.4 Å². The highest BCUT2D eigenvalue weighted by Crippen LogP contribution is 2.13. The number of nitrogens with one attached hydrogen (secondary N) is 1. The van der Waals surface area contributed by atoms with Gasteiger partial charge in [-0.3, -0.25) is 9.48 Å². The van der Waals surface area contributed by atoms with E-state index in [-0.39, 0.29) is 5.91 Å². The van der Waals surface area contributed by atoms with Gasteiger partial charge in [-0.25, -0.2) is 4.79 Å². The summed E-state index contributed by atoms with van der Waals surface area (Å²) in [6, 6.07) is 8.62. The fraction of sp³-hybridized carbons (Fsp3) is 0.267. The Balaban J connectivity index is 1.94. The number of aliphatic carboxylic acids is 1. The molecular formula is C15H17N3O4. The monoisotopic (exact) mass is 303 g/mol. The van der Waals surface area contributed by atoms with E-state index in [1.807, 2.05) is 13.0 Å². The maximum Gasteiger partial charge on any atom is 0.341 e. The zero-order chi connectivity index (χ0) is 16.1. The van der Waals surface area contributed by atoms with Crippen LogP contribution in [0, 0.1) is 6.92 Å². The molecule has 22 heavy (non-hydrogen) atoms. The highest BCUT2D eigenvalue weighted by Gasteiger charge is 2.10. The number of carbonyl (C=O) groups excluding carboxylic acids is 1. The minimum absolute atomic E-state index is 0.263. The molecular weight excluding hydrogens is 286 g/mol. The van der Waals surface area contributed by atoms with Crippen molar-refractivity contribution in [1.82, 2.24) is 15.1 Å². The van der Waals surface area contributed by atoms with Crippen molar-refractivity contribution in [3.63, 3.8) is 0 Å². The molecule has 2 N–H and O–H groups in total. The van der Waals surface area contributed by atoms with Crippen molar-refractivity contribution in [3.8, 4) is 5.75 Å². The second-order valence-corrected chi connectivity index (χ2v) is 4.81. The number of aromatic nitrogens is 2. The van der Waals surface area contributed by atoms with Crippen LogP contribution in [-0.4, -0.2) is 33.4 Å². The molecule has 0 atom stereocenters. The Hall–Kier alpha value is -2.83. The number of nitrogens with zero attached hydrogens (tertiary/aromatic N) is 2. The third kappa shape index (κ3) is 4.08. The fourth-order valence-corrected chi connectivity index (χ4v) is 1.83. The Morgan fingerprint density at radius 2 is 2.14 bits per heavy atom. The second-order valence-electron chi connectivity index (χ2n) is 4.81. The number of aryl methyl sites for hydroxylation is 2. The molecule has 2 rings (SSSR count). The minimum atomic E-state index is -1.04. The van der Waals surface area contributed by atoms with Gasteiger partial charge in [0.05, 0.1) is 0 Å². The Kier molecular flexibility index (Phi) is 4.77. The summed E-state index contributed by atoms with van der Waals surface area (Å²) in [7, 11) is 1.77. The molecule has 116 valence electrons. The largest absolute Gasteiger partial charge is 0.482 e. The lowest BCUT2D eigenvalue weighted by Gasteiger charge is -2.07. The van der Waals surface area contributed by atoms with Crippen LogP contribution in [-0.2, 0) is 18.4 Å². The topological polar surface area (TPSA) is 93.4 Å². The molecule has 0 aliphatic carbocycles. The molecule has 0 fully saturated rings. The molecule has 0 saturated carbocycles. The number of carboxylic acid groups (broad SMARTS) is 1. The molecule has 0 radical (unpaired) electrons. The second kappa shape index (κ2) is 6.75. The predicted molar refractivity (Wildman–Crippen MR) is 78.7 cm³/mol. The number of amides is 1. The molecule has 1 aromatic carbocycles. The molecule has 1 aromatic heterocycles. The normalized spacial score (nSPS) is 10.3. The molecule has 0 spiro atoms. The first-order valence-electron chi connectivity index (χ1n) is 6.68. The summed E-state index contributed by atoms with van der Waals surface area (Å²) in [5, 5.41) is 15.4. The van der Waals surface area contributed by atoms with Crippen molar-refractivity contribution < 1.29 is 19.4 Å². The summed E-state index contributed by atoms with van der Waals surface area (Å²) in [6.07, 6.45) is 0. The lowest BCUT2D eigenvalue weighted by molar-refractivity contribution is -0.139. The van der Waals surface area contributed by atoms with E-state index in [1.165, 1.54) is 0 Å². The molecule has 1 amide bonds. The third-order valence-electron chi connectivity index (χ3n) is 3.06. The minimum Gasteiger partial charge on any atom is -0.482 e. The SMILES string of the molecule is Cc1cc(C(=O)NCc2cccc(OCC(=O)O)c2)nn1C. The number of rotatable bonds is 6. The van der Waals surface area contributed by atoms with Gasteiger partial charge in [-0.2, -0.15) is 5.10 Å². The molecule has 7 heteroatoms. The van der Waals surface area contributed by atoms with Crippen LogP contribution in [0.15, 0.2) is 30.3 Å². The molecule has 7 nitrogen and oxygen atoms in total. The van der Waals surface area contributed by atoms with Gasteiger partial charge in [0, 0.05) is 19.3 Å². The molecule has 0 aliphatic heterocycles. The number of hydrogen-bond acceptors (Lipinski definition) is 4. The zero-order valence-electron chi connectivity index (χ0n) is 12.4. The van der Waals surface area contributed by atoms with Gasteiger partial charge in [-0.05, 0) is 30.7 Å². The highest BCUT2D eigenvalue weighted by molar-refractivity contribution is 5.92. The fourth-order valence-electron chi connectivity index (χ4n) is 1.83. The van der Waals surface area contributed by atoms with Gasteiger partial charge in [0.15, 0.2) is 6.61 Å². The van der Waals surface area contributed by atoms with Crippen LogP contribution in [0.4, 0.5) is 0 Å². The van der Waals surface area contributed by atoms with Crippen molar-refractivity contribution in [3.05, 3.63) is 47.3 Å². The van der Waals surface area contributed by atoms with Crippen LogP contribution in [0.3, 0.4) is 0 Å². The molecule has 0 unspecified atom stereocenters. The van der Waals surface area contributed by atoms with E-state index in [4.69, 9.17) is 9.84 Å². The predicted octanol–water partition coefficient (Wildman–Crippen LogP) is 1.12. The van der Waals surface area contributed by atoms with Crippen LogP contribution in [0.2, 0.25) is 0 Å². The lowest BCUT2D eigenvalue weighted by atomic mass is 10.2. The standard InChI is InChI=1S/C15H17N3O4/c1-10-6-13(17-18(10)2)15(21)16-8-11-4-3-5-12(7-11)22-9-14(19)20/h3-7H,8-9H2,1-2H3,(H,16,21)(H,19,20). The van der Waals surface area contributed by atoms with Crippen molar-refractivity contribution in [1.29, 1.82) is 0 Å². The number of hydrogen-bond donors (Lipinski definition) is 2. The maximum absolute atomic E-state index is 12.0. The summed E-state index contributed by atoms with van der Waals surface area (Å²) >= 11 is 0. The van der Waals surface area contributed by atoms with E-state index < -0.39 is 12.6 Å². The number of ether oxygens (including phenoxy) is 1. The van der Waals surface area contributed by atoms with Crippen molar-refractivity contribution in [2.45, 2.75) is 13.5 Å². The summed E-state index contributed by atoms with van der Waals surface area (Å²) in [6.45, 7) is 1.77. The lowest BCUT2D eigenvalue weighted by Crippen LogP contribution is -2.23. The maximum atomic E-state index is 12.0. The summed E-state index contributed by atoms with van der Waals surface area (Å²) in [5.41, 5.74) is 2.07. The van der Waals surface area contributed by atoms with Crippen LogP contribution >= 0.6 is 0 Å². The Morgan fingerprint density at radius 1 is 1.36 bits per heavy atom. The Morgan fingerprint density at radius 3 is 2.77 bits per heavy atom. The Labute approximate surface area is 127 Å². The van der Waals surface area contributed by atoms with Crippen LogP contribution < -0.4 is 10.1 Å². The number of carbonyl (C=O) groups is 2. The van der Waals surface area contributed by atoms with Gasteiger partial charge in [0.2, 0.25) is 0 Å². The van der Waals surface area contributed by atoms with E-state index in [9.17, 15) is 9.59 Å². The van der Waals surface area contributed by atoms with Crippen molar-refractivity contribution in [2.75, 3.05) is 6.61 Å². The first-order valence-corrected chi connectivity index (χ1v) is 6.68. The molecule has 1 heterocycles. The number of carboxylic acids is 1. The van der Waals surface area contributed by atoms with Gasteiger partial charge >= 0.3 is 5.97 Å². The van der Waals surface area contributed by atoms with Crippen molar-refractivity contribution >= 4 is 11.9 Å². The van der Waals surface area contributed by atoms with Crippen LogP contribution in [0.25, 0.3) is 0 Å². The van der Waals surface area contributed by atoms with Gasteiger partial charge in [0.25, 0.3) is 5.91 Å². The van der Waals surface area contributed by atoms with Gasteiger partial charge in [-0.1, -0.05) is 12.1 Å². The van der Waals surface area contributed by atoms with Crippen molar-refractivity contribution in [2.24, 2.45) is 7.05 Å². The van der Waals surface area contributed by atoms with E-state index in [0.29, 0.717) is 18.0 Å². The first kappa shape index (κ1) is 15.6. The zero-order valence-corrected chi connectivity index (χ0v) is 12.4. The summed E-state index contributed by atoms with van der Waals surface area (Å²) in [4.78, 5) is 22.5.